The third-order valence-electron chi connectivity index (χ3n) is 7.92. The molecule has 0 N–H and O–H groups in total. The maximum Gasteiger partial charge on any atom is -0.00956 e. The summed E-state index contributed by atoms with van der Waals surface area (Å²) < 4.78 is 0. The first-order chi connectivity index (χ1) is 13.8. The van der Waals surface area contributed by atoms with Crippen molar-refractivity contribution in [2.24, 2.45) is 53.3 Å². The molecule has 0 heteroatoms. The van der Waals surface area contributed by atoms with Crippen LogP contribution in [0.3, 0.4) is 0 Å². The molecule has 5 aliphatic carbocycles. The highest BCUT2D eigenvalue weighted by atomic mass is 14.5. The molecule has 0 bridgehead atoms. The lowest BCUT2D eigenvalue weighted by Gasteiger charge is -2.35. The highest BCUT2D eigenvalue weighted by Gasteiger charge is 2.46. The maximum absolute atomic E-state index is 2.50. The van der Waals surface area contributed by atoms with Crippen molar-refractivity contribution in [2.45, 2.75) is 19.8 Å². The molecule has 1 saturated carbocycles. The van der Waals surface area contributed by atoms with Crippen LogP contribution in [-0.2, 0) is 0 Å². The normalized spacial score (nSPS) is 44.8. The van der Waals surface area contributed by atoms with Crippen molar-refractivity contribution in [2.75, 3.05) is 0 Å². The van der Waals surface area contributed by atoms with Gasteiger partial charge in [-0.1, -0.05) is 104 Å². The van der Waals surface area contributed by atoms with Gasteiger partial charge >= 0.3 is 0 Å². The summed E-state index contributed by atoms with van der Waals surface area (Å²) in [7, 11) is 0. The van der Waals surface area contributed by atoms with Crippen LogP contribution < -0.4 is 0 Å². The monoisotopic (exact) mass is 368 g/mol. The van der Waals surface area contributed by atoms with Crippen molar-refractivity contribution >= 4 is 0 Å². The third-order valence-corrected chi connectivity index (χ3v) is 7.92. The zero-order valence-electron chi connectivity index (χ0n) is 16.8. The quantitative estimate of drug-likeness (QED) is 0.509. The van der Waals surface area contributed by atoms with Gasteiger partial charge in [0.2, 0.25) is 0 Å². The molecule has 1 fully saturated rings. The number of hydrogen-bond acceptors (Lipinski definition) is 0. The van der Waals surface area contributed by atoms with E-state index in [0.29, 0.717) is 47.3 Å². The highest BCUT2D eigenvalue weighted by molar-refractivity contribution is 5.29. The molecule has 8 unspecified atom stereocenters. The van der Waals surface area contributed by atoms with E-state index >= 15 is 0 Å². The topological polar surface area (TPSA) is 0 Å². The first-order valence-electron chi connectivity index (χ1n) is 11.2. The first-order valence-corrected chi connectivity index (χ1v) is 11.2. The lowest BCUT2D eigenvalue weighted by Crippen LogP contribution is -2.27. The van der Waals surface area contributed by atoms with Gasteiger partial charge in [0.15, 0.2) is 0 Å². The molecule has 8 atom stereocenters. The van der Waals surface area contributed by atoms with E-state index in [1.54, 1.807) is 0 Å². The van der Waals surface area contributed by atoms with Gasteiger partial charge in [-0.15, -0.1) is 0 Å². The molecular weight excluding hydrogens is 336 g/mol. The standard InChI is InChI=1S/C28H32/c1-20-10-2-4-12-22(20)23-13-5-3-11-21(23)18-19-28-26-16-8-6-14-24(26)25-15-7-9-17-27(25)28/h2-17,20-28H,18-19H2,1H3. The van der Waals surface area contributed by atoms with Crippen molar-refractivity contribution in [3.63, 3.8) is 0 Å². The molecule has 0 nitrogen and oxygen atoms in total. The highest BCUT2D eigenvalue weighted by Crippen LogP contribution is 2.53. The molecule has 0 amide bonds. The molecule has 144 valence electrons. The molecule has 0 spiro atoms. The fourth-order valence-electron chi connectivity index (χ4n) is 6.52. The van der Waals surface area contributed by atoms with E-state index in [1.165, 1.54) is 12.8 Å². The Morgan fingerprint density at radius 2 is 0.893 bits per heavy atom. The Morgan fingerprint density at radius 1 is 0.429 bits per heavy atom. The molecule has 0 aromatic rings. The van der Waals surface area contributed by atoms with E-state index in [-0.39, 0.29) is 0 Å². The van der Waals surface area contributed by atoms with Crippen molar-refractivity contribution < 1.29 is 0 Å². The van der Waals surface area contributed by atoms with Crippen molar-refractivity contribution in [3.8, 4) is 0 Å². The summed E-state index contributed by atoms with van der Waals surface area (Å²) in [5, 5.41) is 0. The van der Waals surface area contributed by atoms with Gasteiger partial charge in [0.25, 0.3) is 0 Å². The number of hydrogen-bond donors (Lipinski definition) is 0. The molecule has 0 aliphatic heterocycles. The fourth-order valence-corrected chi connectivity index (χ4v) is 6.52. The van der Waals surface area contributed by atoms with Crippen molar-refractivity contribution in [3.05, 3.63) is 97.2 Å². The largest absolute Gasteiger partial charge is 0.0811 e. The molecule has 5 aliphatic rings. The Bertz CT molecular complexity index is 777. The van der Waals surface area contributed by atoms with E-state index in [0.717, 1.165) is 5.92 Å². The van der Waals surface area contributed by atoms with Gasteiger partial charge in [0.05, 0.1) is 0 Å². The van der Waals surface area contributed by atoms with E-state index in [9.17, 15) is 0 Å². The number of fused-ring (bicyclic) bond motifs is 3. The van der Waals surface area contributed by atoms with Crippen LogP contribution in [0.5, 0.6) is 0 Å². The summed E-state index contributed by atoms with van der Waals surface area (Å²) in [5.41, 5.74) is 0. The minimum Gasteiger partial charge on any atom is -0.0811 e. The number of allylic oxidation sites excluding steroid dienone is 16. The average molecular weight is 369 g/mol. The Morgan fingerprint density at radius 3 is 1.50 bits per heavy atom. The van der Waals surface area contributed by atoms with Gasteiger partial charge in [-0.2, -0.15) is 0 Å². The smallest absolute Gasteiger partial charge is 0.00956 e. The van der Waals surface area contributed by atoms with E-state index in [2.05, 4.69) is 104 Å². The van der Waals surface area contributed by atoms with Crippen LogP contribution in [0.2, 0.25) is 0 Å². The predicted octanol–water partition coefficient (Wildman–Crippen LogP) is 6.85. The average Bonchev–Trinajstić information content (AvgIpc) is 3.07. The zero-order valence-corrected chi connectivity index (χ0v) is 16.8. The Kier molecular flexibility index (Phi) is 4.97. The summed E-state index contributed by atoms with van der Waals surface area (Å²) in [5.74, 6) is 6.17. The van der Waals surface area contributed by atoms with E-state index in [1.807, 2.05) is 0 Å². The molecular formula is C28H32. The predicted molar refractivity (Wildman–Crippen MR) is 119 cm³/mol. The molecule has 0 radical (unpaired) electrons. The van der Waals surface area contributed by atoms with E-state index in [4.69, 9.17) is 0 Å². The van der Waals surface area contributed by atoms with Crippen molar-refractivity contribution in [1.29, 1.82) is 0 Å². The van der Waals surface area contributed by atoms with E-state index < -0.39 is 0 Å². The Labute approximate surface area is 170 Å². The SMILES string of the molecule is CC1C=CC=CC1C1C=CC=CC1CCC1C2C=CC=CC2C2C=CC=CC21. The third kappa shape index (κ3) is 3.17. The summed E-state index contributed by atoms with van der Waals surface area (Å²) in [6, 6.07) is 0. The Hall–Kier alpha value is -2.08. The summed E-state index contributed by atoms with van der Waals surface area (Å²) in [6.07, 6.45) is 40.5. The van der Waals surface area contributed by atoms with Crippen LogP contribution in [-0.4, -0.2) is 0 Å². The second-order valence-electron chi connectivity index (χ2n) is 9.31. The van der Waals surface area contributed by atoms with Gasteiger partial charge in [0.1, 0.15) is 0 Å². The first kappa shape index (κ1) is 18.0. The summed E-state index contributed by atoms with van der Waals surface area (Å²) in [4.78, 5) is 0. The Balaban J connectivity index is 1.32. The summed E-state index contributed by atoms with van der Waals surface area (Å²) >= 11 is 0. The lowest BCUT2D eigenvalue weighted by atomic mass is 9.69. The fraction of sp³-hybridized carbons (Fsp3) is 0.429. The molecule has 0 aromatic heterocycles. The van der Waals surface area contributed by atoms with Crippen LogP contribution in [0.25, 0.3) is 0 Å². The second kappa shape index (κ2) is 7.74. The van der Waals surface area contributed by atoms with Gasteiger partial charge < -0.3 is 0 Å². The minimum absolute atomic E-state index is 0.631. The van der Waals surface area contributed by atoms with Crippen LogP contribution in [0, 0.1) is 53.3 Å². The zero-order chi connectivity index (χ0) is 18.9. The molecule has 5 rings (SSSR count). The van der Waals surface area contributed by atoms with Crippen LogP contribution in [0.1, 0.15) is 19.8 Å². The van der Waals surface area contributed by atoms with Gasteiger partial charge in [-0.3, -0.25) is 0 Å². The second-order valence-corrected chi connectivity index (χ2v) is 9.31. The summed E-state index contributed by atoms with van der Waals surface area (Å²) in [6.45, 7) is 2.37. The molecule has 0 aromatic carbocycles. The van der Waals surface area contributed by atoms with Gasteiger partial charge in [0, 0.05) is 0 Å². The van der Waals surface area contributed by atoms with Crippen LogP contribution in [0.4, 0.5) is 0 Å². The van der Waals surface area contributed by atoms with Crippen LogP contribution in [0.15, 0.2) is 97.2 Å². The minimum atomic E-state index is 0.631. The maximum atomic E-state index is 2.50. The number of rotatable bonds is 4. The van der Waals surface area contributed by atoms with Crippen LogP contribution >= 0.6 is 0 Å². The molecule has 0 saturated heterocycles. The van der Waals surface area contributed by atoms with Crippen molar-refractivity contribution in [1.82, 2.24) is 0 Å². The molecule has 0 heterocycles. The van der Waals surface area contributed by atoms with Gasteiger partial charge in [-0.05, 0) is 66.1 Å². The van der Waals surface area contributed by atoms with Gasteiger partial charge in [-0.25, -0.2) is 0 Å². The lowest BCUT2D eigenvalue weighted by molar-refractivity contribution is 0.264. The molecule has 28 heavy (non-hydrogen) atoms.